The number of ether oxygens (including phenoxy) is 12. The number of nitrogens with one attached hydrogen (secondary N) is 1. The lowest BCUT2D eigenvalue weighted by Gasteiger charge is -2.69. The van der Waals surface area contributed by atoms with Crippen molar-refractivity contribution >= 4 is 77.5 Å². The zero-order valence-corrected chi connectivity index (χ0v) is 58.6. The Bertz CT molecular complexity index is 4000. The van der Waals surface area contributed by atoms with Crippen molar-refractivity contribution in [3.8, 4) is 11.5 Å². The Hall–Kier alpha value is -10.0. The number of carbonyl (C=O) groups is 12. The van der Waals surface area contributed by atoms with E-state index in [1.54, 1.807) is 75.4 Å². The molecule has 28 heteroatoms. The largest absolute Gasteiger partial charge is 0.458 e. The molecule has 103 heavy (non-hydrogen) atoms. The molecular formula is C75H83NO27. The van der Waals surface area contributed by atoms with Gasteiger partial charge in [-0.05, 0) is 71.7 Å². The normalized spacial score (nSPS) is 28.7. The van der Waals surface area contributed by atoms with E-state index in [2.05, 4.69) is 5.32 Å². The molecule has 2 bridgehead atoms. The number of aliphatic hydroxyl groups excluding tert-OH is 2. The fourth-order valence-corrected chi connectivity index (χ4v) is 15.1. The molecule has 0 radical (unpaired) electrons. The van der Waals surface area contributed by atoms with Crippen molar-refractivity contribution in [3.05, 3.63) is 149 Å². The van der Waals surface area contributed by atoms with Gasteiger partial charge in [-0.3, -0.25) is 43.2 Å². The maximum Gasteiger partial charge on any atom is 0.351 e. The molecule has 4 aromatic carbocycles. The lowest BCUT2D eigenvalue weighted by Crippen LogP contribution is -2.82. The van der Waals surface area contributed by atoms with Gasteiger partial charge in [-0.2, -0.15) is 0 Å². The maximum absolute atomic E-state index is 15.8. The van der Waals surface area contributed by atoms with Crippen molar-refractivity contribution < 1.29 is 130 Å². The van der Waals surface area contributed by atoms with Gasteiger partial charge in [0.1, 0.15) is 36.1 Å². The second-order valence-electron chi connectivity index (χ2n) is 27.0. The minimum Gasteiger partial charge on any atom is -0.458 e. The summed E-state index contributed by atoms with van der Waals surface area (Å²) in [4.78, 5) is 165. The summed E-state index contributed by atoms with van der Waals surface area (Å²) in [5, 5.41) is 42.5. The number of hydrogen-bond acceptors (Lipinski definition) is 27. The molecule has 4 aromatic rings. The van der Waals surface area contributed by atoms with Crippen molar-refractivity contribution in [3.63, 3.8) is 0 Å². The van der Waals surface area contributed by atoms with Crippen LogP contribution in [0.3, 0.4) is 0 Å². The predicted molar refractivity (Wildman–Crippen MR) is 355 cm³/mol. The highest BCUT2D eigenvalue weighted by atomic mass is 16.7. The van der Waals surface area contributed by atoms with Gasteiger partial charge < -0.3 is 77.5 Å². The van der Waals surface area contributed by atoms with Crippen LogP contribution in [0.5, 0.6) is 11.5 Å². The Kier molecular flexibility index (Phi) is 23.5. The molecular weight excluding hydrogens is 1350 g/mol. The first-order chi connectivity index (χ1) is 48.5. The number of benzene rings is 4. The van der Waals surface area contributed by atoms with Gasteiger partial charge in [0.05, 0.1) is 42.9 Å². The van der Waals surface area contributed by atoms with Crippen molar-refractivity contribution in [2.75, 3.05) is 13.2 Å². The van der Waals surface area contributed by atoms with E-state index in [1.807, 2.05) is 0 Å². The Morgan fingerprint density at radius 2 is 1.21 bits per heavy atom. The van der Waals surface area contributed by atoms with Gasteiger partial charge in [-0.15, -0.1) is 0 Å². The number of rotatable bonds is 23. The van der Waals surface area contributed by atoms with Gasteiger partial charge in [0.15, 0.2) is 41.2 Å². The highest BCUT2D eigenvalue weighted by molar-refractivity contribution is 5.96. The number of Topliss-reactive ketones (excluding diaryl/α,β-unsaturated/α-hetero) is 1. The third-order valence-corrected chi connectivity index (χ3v) is 19.7. The first kappa shape index (κ1) is 77.2. The van der Waals surface area contributed by atoms with Crippen LogP contribution >= 0.6 is 0 Å². The van der Waals surface area contributed by atoms with Crippen molar-refractivity contribution in [1.29, 1.82) is 0 Å². The highest BCUT2D eigenvalue weighted by Crippen LogP contribution is 2.65. The second kappa shape index (κ2) is 31.3. The topological polar surface area (TPSA) is 388 Å². The molecule has 1 aliphatic heterocycles. The first-order valence-corrected chi connectivity index (χ1v) is 33.3. The number of aliphatic hydroxyl groups is 3. The average molecular weight is 1430 g/mol. The second-order valence-corrected chi connectivity index (χ2v) is 27.0. The van der Waals surface area contributed by atoms with Crippen molar-refractivity contribution in [1.82, 2.24) is 5.32 Å². The van der Waals surface area contributed by atoms with E-state index in [0.717, 1.165) is 54.5 Å². The molecule has 550 valence electrons. The lowest BCUT2D eigenvalue weighted by atomic mass is 9.44. The van der Waals surface area contributed by atoms with E-state index >= 15 is 9.59 Å². The Morgan fingerprint density at radius 1 is 0.641 bits per heavy atom. The predicted octanol–water partition coefficient (Wildman–Crippen LogP) is 5.95. The summed E-state index contributed by atoms with van der Waals surface area (Å²) in [5.74, 6) is -13.8. The summed E-state index contributed by atoms with van der Waals surface area (Å²) in [5.41, 5.74) is -9.87. The third kappa shape index (κ3) is 16.3. The molecule has 1 heterocycles. The van der Waals surface area contributed by atoms with Crippen LogP contribution in [0.25, 0.3) is 6.08 Å². The minimum absolute atomic E-state index is 0.0233. The van der Waals surface area contributed by atoms with Crippen molar-refractivity contribution in [2.45, 2.75) is 192 Å². The van der Waals surface area contributed by atoms with Crippen LogP contribution in [0.2, 0.25) is 0 Å². The molecule has 4 aliphatic carbocycles. The van der Waals surface area contributed by atoms with Crippen LogP contribution in [0.1, 0.15) is 146 Å². The molecule has 28 nitrogen and oxygen atoms in total. The summed E-state index contributed by atoms with van der Waals surface area (Å²) in [6.45, 7) is 12.5. The Morgan fingerprint density at radius 3 is 1.78 bits per heavy atom. The lowest BCUT2D eigenvalue weighted by molar-refractivity contribution is -0.365. The van der Waals surface area contributed by atoms with Gasteiger partial charge in [0.2, 0.25) is 5.60 Å². The SMILES string of the molecule is CC(=O)Oc1ccc(/C=C/C(=O)O[C@@H]2C[C@](OC(C)=O)(C(=O)OC(C(=O)CCO[C@H]3CC4(O)[C@@H](OC(=O)c5ccccc5)C5[C@]6(OC(C)=O)COC6C[C@H](O)[C@@]5(C)C(O)[C@H](OC(C)=O)C(=C3C)C4(C)C)C(NC(=O)c3ccccc3)c3ccccc3)C[C@@H](OC(C)=O)[C@H]2OC(C)=O)cc1OC(C)=O. The fourth-order valence-electron chi connectivity index (χ4n) is 15.1. The molecule has 3 saturated carbocycles. The number of ketones is 1. The van der Waals surface area contributed by atoms with Crippen LogP contribution in [-0.4, -0.2) is 178 Å². The molecule has 1 saturated heterocycles. The van der Waals surface area contributed by atoms with Gasteiger partial charge in [0.25, 0.3) is 5.91 Å². The number of fused-ring (bicyclic) bond motifs is 5. The molecule has 6 unspecified atom stereocenters. The molecule has 0 aromatic heterocycles. The summed E-state index contributed by atoms with van der Waals surface area (Å²) >= 11 is 0. The number of esters is 10. The number of carbonyl (C=O) groups excluding carboxylic acids is 12. The summed E-state index contributed by atoms with van der Waals surface area (Å²) in [6.07, 6.45) is -18.3. The maximum atomic E-state index is 15.8. The highest BCUT2D eigenvalue weighted by Gasteiger charge is 2.78. The Labute approximate surface area is 592 Å². The van der Waals surface area contributed by atoms with Crippen molar-refractivity contribution in [2.24, 2.45) is 16.7 Å². The van der Waals surface area contributed by atoms with Crippen LogP contribution in [0, 0.1) is 16.7 Å². The molecule has 1 amide bonds. The van der Waals surface area contributed by atoms with Crippen LogP contribution < -0.4 is 14.8 Å². The van der Waals surface area contributed by atoms with Gasteiger partial charge >= 0.3 is 59.7 Å². The van der Waals surface area contributed by atoms with Crippen LogP contribution in [0.15, 0.2) is 126 Å². The minimum atomic E-state index is -2.72. The molecule has 4 N–H and O–H groups in total. The molecule has 0 spiro atoms. The molecule has 16 atom stereocenters. The Balaban J connectivity index is 1.12. The van der Waals surface area contributed by atoms with Gasteiger partial charge in [-0.1, -0.05) is 93.6 Å². The number of hydrogen-bond donors (Lipinski definition) is 4. The summed E-state index contributed by atoms with van der Waals surface area (Å²) < 4.78 is 71.3. The fraction of sp³-hybridized carbons (Fsp3) is 0.467. The molecule has 4 fully saturated rings. The van der Waals surface area contributed by atoms with E-state index in [0.29, 0.717) is 0 Å². The van der Waals surface area contributed by atoms with Gasteiger partial charge in [0, 0.05) is 103 Å². The van der Waals surface area contributed by atoms with Crippen LogP contribution in [-0.2, 0) is 95.3 Å². The van der Waals surface area contributed by atoms with Crippen LogP contribution in [0.4, 0.5) is 0 Å². The zero-order valence-electron chi connectivity index (χ0n) is 58.6. The quantitative estimate of drug-likeness (QED) is 0.0219. The monoisotopic (exact) mass is 1430 g/mol. The van der Waals surface area contributed by atoms with E-state index in [-0.39, 0.29) is 57.9 Å². The molecule has 9 rings (SSSR count). The standard InChI is InChI=1S/C75H83NO27/c1-39-54(37-75(91)67(101-69(89)50-25-19-14-20-26-50)65-72(11,57(85)34-58-74(65,38-93-58)103-46(8)83)66(87)64(98-44(6)81)60(39)71(75,9)10)92-32-31-51(84)62(61(48-21-15-12-16-22-48)76-68(88)49-23-17-13-18-24-49)100-70(90)73(102-45(7)82)35-55(96-42(4)79)63(97-43(5)80)56(36-73)99-59(86)30-28-47-27-29-52(94-40(2)77)53(33-47)95-41(3)78/h12-30,33,54-58,61-67,85,87,91H,31-32,34-38H2,1-11H3,(H,76,88)/b30-28+/t54-,55+,56+,57-,58?,61?,62?,63+,64+,65?,66?,67-,72+,73-,74-,75?/m0/s1. The van der Waals surface area contributed by atoms with E-state index in [9.17, 15) is 63.3 Å². The third-order valence-electron chi connectivity index (χ3n) is 19.7. The van der Waals surface area contributed by atoms with Gasteiger partial charge in [-0.25, -0.2) is 14.4 Å². The van der Waals surface area contributed by atoms with E-state index in [4.69, 9.17) is 56.8 Å². The first-order valence-electron chi connectivity index (χ1n) is 33.3. The van der Waals surface area contributed by atoms with E-state index in [1.165, 1.54) is 67.6 Å². The van der Waals surface area contributed by atoms with E-state index < -0.39 is 204 Å². The zero-order chi connectivity index (χ0) is 75.3. The summed E-state index contributed by atoms with van der Waals surface area (Å²) in [7, 11) is 0. The average Bonchev–Trinajstić information content (AvgIpc) is 0.669. The summed E-state index contributed by atoms with van der Waals surface area (Å²) in [6, 6.07) is 25.5. The number of amides is 1. The molecule has 5 aliphatic rings. The smallest absolute Gasteiger partial charge is 0.351 e.